The number of pyridine rings is 1. The van der Waals surface area contributed by atoms with Crippen LogP contribution in [0.1, 0.15) is 27.2 Å². The van der Waals surface area contributed by atoms with Crippen LogP contribution in [0.4, 0.5) is 11.4 Å². The van der Waals surface area contributed by atoms with Crippen molar-refractivity contribution in [2.45, 2.75) is 33.3 Å². The van der Waals surface area contributed by atoms with Gasteiger partial charge in [0, 0.05) is 13.1 Å². The first-order chi connectivity index (χ1) is 8.13. The van der Waals surface area contributed by atoms with Crippen molar-refractivity contribution in [3.63, 3.8) is 0 Å². The molecule has 0 spiro atoms. The molecule has 4 heteroatoms. The van der Waals surface area contributed by atoms with Crippen LogP contribution in [-0.2, 0) is 0 Å². The van der Waals surface area contributed by atoms with Crippen LogP contribution < -0.4 is 10.6 Å². The molecule has 0 radical (unpaired) electrons. The Morgan fingerprint density at radius 1 is 1.24 bits per heavy atom. The molecular formula is C13H23N3O. The Morgan fingerprint density at radius 2 is 1.88 bits per heavy atom. The maximum Gasteiger partial charge on any atom is 0.0735 e. The van der Waals surface area contributed by atoms with Crippen LogP contribution in [0.5, 0.6) is 0 Å². The normalized spacial score (nSPS) is 12.5. The molecule has 1 unspecified atom stereocenters. The number of hydrogen-bond acceptors (Lipinski definition) is 4. The van der Waals surface area contributed by atoms with Crippen LogP contribution >= 0.6 is 0 Å². The molecule has 0 aliphatic carbocycles. The van der Waals surface area contributed by atoms with E-state index < -0.39 is 0 Å². The van der Waals surface area contributed by atoms with E-state index >= 15 is 0 Å². The van der Waals surface area contributed by atoms with Gasteiger partial charge in [0.05, 0.1) is 29.9 Å². The first kappa shape index (κ1) is 13.8. The lowest BCUT2D eigenvalue weighted by atomic mass is 10.1. The van der Waals surface area contributed by atoms with Crippen molar-refractivity contribution in [2.24, 2.45) is 5.92 Å². The third-order valence-corrected chi connectivity index (χ3v) is 2.60. The van der Waals surface area contributed by atoms with E-state index in [0.717, 1.165) is 24.3 Å². The third-order valence-electron chi connectivity index (χ3n) is 2.60. The molecule has 1 aromatic rings. The molecule has 17 heavy (non-hydrogen) atoms. The van der Waals surface area contributed by atoms with Crippen LogP contribution in [-0.4, -0.2) is 29.3 Å². The summed E-state index contributed by atoms with van der Waals surface area (Å²) in [7, 11) is 0. The predicted octanol–water partition coefficient (Wildman–Crippen LogP) is 2.33. The van der Waals surface area contributed by atoms with E-state index in [0.29, 0.717) is 6.54 Å². The van der Waals surface area contributed by atoms with E-state index in [9.17, 15) is 5.11 Å². The molecule has 0 aliphatic heterocycles. The molecule has 4 nitrogen and oxygen atoms in total. The zero-order chi connectivity index (χ0) is 12.7. The number of aliphatic hydroxyl groups excluding tert-OH is 1. The van der Waals surface area contributed by atoms with Crippen LogP contribution in [0, 0.1) is 5.92 Å². The second kappa shape index (κ2) is 7.12. The first-order valence-electron chi connectivity index (χ1n) is 6.24. The topological polar surface area (TPSA) is 57.2 Å². The predicted molar refractivity (Wildman–Crippen MR) is 72.4 cm³/mol. The number of nitrogens with one attached hydrogen (secondary N) is 2. The molecule has 0 amide bonds. The highest BCUT2D eigenvalue weighted by Crippen LogP contribution is 2.13. The number of aromatic nitrogens is 1. The zero-order valence-electron chi connectivity index (χ0n) is 10.9. The highest BCUT2D eigenvalue weighted by molar-refractivity contribution is 5.53. The number of hydrogen-bond donors (Lipinski definition) is 3. The van der Waals surface area contributed by atoms with E-state index in [-0.39, 0.29) is 12.0 Å². The Hall–Kier alpha value is -1.29. The SMILES string of the molecule is CCCNc1cncc(NCC(O)C(C)C)c1. The van der Waals surface area contributed by atoms with Crippen LogP contribution in [0.3, 0.4) is 0 Å². The first-order valence-corrected chi connectivity index (χ1v) is 6.24. The van der Waals surface area contributed by atoms with E-state index in [4.69, 9.17) is 0 Å². The molecule has 3 N–H and O–H groups in total. The van der Waals surface area contributed by atoms with Gasteiger partial charge >= 0.3 is 0 Å². The van der Waals surface area contributed by atoms with Crippen molar-refractivity contribution in [1.82, 2.24) is 4.98 Å². The van der Waals surface area contributed by atoms with E-state index in [1.54, 1.807) is 12.4 Å². The Morgan fingerprint density at radius 3 is 2.47 bits per heavy atom. The van der Waals surface area contributed by atoms with Gasteiger partial charge in [0.2, 0.25) is 0 Å². The van der Waals surface area contributed by atoms with E-state index in [2.05, 4.69) is 22.5 Å². The second-order valence-corrected chi connectivity index (χ2v) is 4.58. The quantitative estimate of drug-likeness (QED) is 0.681. The molecule has 0 saturated carbocycles. The monoisotopic (exact) mass is 237 g/mol. The van der Waals surface area contributed by atoms with Crippen LogP contribution in [0.2, 0.25) is 0 Å². The lowest BCUT2D eigenvalue weighted by molar-refractivity contribution is 0.138. The van der Waals surface area contributed by atoms with Crippen molar-refractivity contribution < 1.29 is 5.11 Å². The molecule has 1 rings (SSSR count). The Bertz CT molecular complexity index is 328. The number of aliphatic hydroxyl groups is 1. The fraction of sp³-hybridized carbons (Fsp3) is 0.615. The van der Waals surface area contributed by atoms with Gasteiger partial charge in [-0.2, -0.15) is 0 Å². The Balaban J connectivity index is 2.48. The van der Waals surface area contributed by atoms with Crippen molar-refractivity contribution in [3.8, 4) is 0 Å². The minimum absolute atomic E-state index is 0.261. The lowest BCUT2D eigenvalue weighted by Crippen LogP contribution is -2.24. The summed E-state index contributed by atoms with van der Waals surface area (Å²) in [4.78, 5) is 4.15. The van der Waals surface area contributed by atoms with Gasteiger partial charge < -0.3 is 15.7 Å². The third kappa shape index (κ3) is 5.04. The molecule has 0 saturated heterocycles. The van der Waals surface area contributed by atoms with E-state index in [1.165, 1.54) is 0 Å². The summed E-state index contributed by atoms with van der Waals surface area (Å²) in [6.07, 6.45) is 4.33. The fourth-order valence-corrected chi connectivity index (χ4v) is 1.36. The van der Waals surface area contributed by atoms with Gasteiger partial charge in [0.15, 0.2) is 0 Å². The lowest BCUT2D eigenvalue weighted by Gasteiger charge is -2.16. The van der Waals surface area contributed by atoms with Gasteiger partial charge in [0.25, 0.3) is 0 Å². The maximum atomic E-state index is 9.70. The summed E-state index contributed by atoms with van der Waals surface area (Å²) in [6.45, 7) is 7.63. The largest absolute Gasteiger partial charge is 0.391 e. The number of rotatable bonds is 7. The van der Waals surface area contributed by atoms with Gasteiger partial charge in [0.1, 0.15) is 0 Å². The van der Waals surface area contributed by atoms with Crippen LogP contribution in [0.15, 0.2) is 18.5 Å². The summed E-state index contributed by atoms with van der Waals surface area (Å²) >= 11 is 0. The van der Waals surface area contributed by atoms with Gasteiger partial charge in [-0.3, -0.25) is 4.98 Å². The number of nitrogens with zero attached hydrogens (tertiary/aromatic N) is 1. The minimum atomic E-state index is -0.331. The average Bonchev–Trinajstić information content (AvgIpc) is 2.33. The van der Waals surface area contributed by atoms with Crippen LogP contribution in [0.25, 0.3) is 0 Å². The summed E-state index contributed by atoms with van der Waals surface area (Å²) in [5.74, 6) is 0.261. The summed E-state index contributed by atoms with van der Waals surface area (Å²) in [5, 5.41) is 16.2. The standard InChI is InChI=1S/C13H23N3O/c1-4-5-15-11-6-12(8-14-7-11)16-9-13(17)10(2)3/h6-8,10,13,15-17H,4-5,9H2,1-3H3. The summed E-state index contributed by atoms with van der Waals surface area (Å²) in [6, 6.07) is 2.01. The van der Waals surface area contributed by atoms with Gasteiger partial charge in [-0.25, -0.2) is 0 Å². The second-order valence-electron chi connectivity index (χ2n) is 4.58. The molecule has 0 fully saturated rings. The fourth-order valence-electron chi connectivity index (χ4n) is 1.36. The zero-order valence-corrected chi connectivity index (χ0v) is 10.9. The molecule has 0 bridgehead atoms. The summed E-state index contributed by atoms with van der Waals surface area (Å²) in [5.41, 5.74) is 1.95. The van der Waals surface area contributed by atoms with Gasteiger partial charge in [-0.15, -0.1) is 0 Å². The molecular weight excluding hydrogens is 214 g/mol. The molecule has 0 aliphatic rings. The van der Waals surface area contributed by atoms with Crippen molar-refractivity contribution >= 4 is 11.4 Å². The summed E-state index contributed by atoms with van der Waals surface area (Å²) < 4.78 is 0. The Kier molecular flexibility index (Phi) is 5.77. The molecule has 1 heterocycles. The minimum Gasteiger partial charge on any atom is -0.391 e. The molecule has 1 aromatic heterocycles. The highest BCUT2D eigenvalue weighted by atomic mass is 16.3. The highest BCUT2D eigenvalue weighted by Gasteiger charge is 2.08. The van der Waals surface area contributed by atoms with Gasteiger partial charge in [-0.05, 0) is 18.4 Å². The molecule has 1 atom stereocenters. The van der Waals surface area contributed by atoms with Crippen molar-refractivity contribution in [1.29, 1.82) is 0 Å². The van der Waals surface area contributed by atoms with Crippen molar-refractivity contribution in [2.75, 3.05) is 23.7 Å². The molecule has 0 aromatic carbocycles. The van der Waals surface area contributed by atoms with E-state index in [1.807, 2.05) is 19.9 Å². The van der Waals surface area contributed by atoms with Crippen molar-refractivity contribution in [3.05, 3.63) is 18.5 Å². The molecule has 96 valence electrons. The Labute approximate surface area is 103 Å². The smallest absolute Gasteiger partial charge is 0.0735 e. The number of anilines is 2. The maximum absolute atomic E-state index is 9.70. The average molecular weight is 237 g/mol. The van der Waals surface area contributed by atoms with Gasteiger partial charge in [-0.1, -0.05) is 20.8 Å².